The number of alkyl halides is 3. The van der Waals surface area contributed by atoms with Crippen molar-refractivity contribution in [1.29, 1.82) is 0 Å². The van der Waals surface area contributed by atoms with Crippen molar-refractivity contribution in [1.82, 2.24) is 10.2 Å². The van der Waals surface area contributed by atoms with E-state index in [9.17, 15) is 18.4 Å². The number of carbonyl (C=O) groups is 2. The molecule has 8 heteroatoms. The van der Waals surface area contributed by atoms with Crippen molar-refractivity contribution in [2.24, 2.45) is 0 Å². The second-order valence-electron chi connectivity index (χ2n) is 5.05. The molecule has 0 bridgehead atoms. The third-order valence-electron chi connectivity index (χ3n) is 3.63. The van der Waals surface area contributed by atoms with E-state index in [-0.39, 0.29) is 28.9 Å². The summed E-state index contributed by atoms with van der Waals surface area (Å²) in [6, 6.07) is 3.70. The Hall–Kier alpha value is -1.21. The second kappa shape index (κ2) is 6.50. The second-order valence-corrected chi connectivity index (χ2v) is 6.43. The molecule has 1 aromatic carbocycles. The van der Waals surface area contributed by atoms with E-state index in [4.69, 9.17) is 11.6 Å². The fourth-order valence-corrected chi connectivity index (χ4v) is 3.10. The Morgan fingerprint density at radius 2 is 2.23 bits per heavy atom. The van der Waals surface area contributed by atoms with Crippen LogP contribution in [0.15, 0.2) is 18.2 Å². The first-order valence-electron chi connectivity index (χ1n) is 6.59. The van der Waals surface area contributed by atoms with Gasteiger partial charge in [0.05, 0.1) is 10.6 Å². The van der Waals surface area contributed by atoms with Gasteiger partial charge in [0.15, 0.2) is 0 Å². The Bertz CT molecular complexity index is 607. The van der Waals surface area contributed by atoms with E-state index in [2.05, 4.69) is 21.2 Å². The van der Waals surface area contributed by atoms with Crippen molar-refractivity contribution >= 4 is 39.3 Å². The summed E-state index contributed by atoms with van der Waals surface area (Å²) < 4.78 is 26.7. The molecule has 0 aliphatic carbocycles. The molecule has 22 heavy (non-hydrogen) atoms. The molecule has 1 heterocycles. The van der Waals surface area contributed by atoms with Crippen LogP contribution in [-0.2, 0) is 21.0 Å². The van der Waals surface area contributed by atoms with Gasteiger partial charge < -0.3 is 10.2 Å². The zero-order chi connectivity index (χ0) is 16.5. The van der Waals surface area contributed by atoms with Crippen LogP contribution in [0.25, 0.3) is 0 Å². The summed E-state index contributed by atoms with van der Waals surface area (Å²) >= 11 is 8.23. The van der Waals surface area contributed by atoms with Gasteiger partial charge >= 0.3 is 4.83 Å². The van der Waals surface area contributed by atoms with Crippen LogP contribution in [0.2, 0.25) is 5.02 Å². The SMILES string of the molecule is CN1C(=O)CC[C@H]1C(=O)NCc1cccc(C(F)(F)Br)c1Cl. The summed E-state index contributed by atoms with van der Waals surface area (Å²) in [5, 5.41) is 2.54. The highest BCUT2D eigenvalue weighted by Crippen LogP contribution is 2.39. The molecule has 1 fully saturated rings. The largest absolute Gasteiger partial charge is 0.350 e. The lowest BCUT2D eigenvalue weighted by Gasteiger charge is -2.20. The molecule has 1 atom stereocenters. The molecule has 1 aromatic rings. The summed E-state index contributed by atoms with van der Waals surface area (Å²) in [6.07, 6.45) is 0.787. The molecule has 1 aliphatic heterocycles. The fraction of sp³-hybridized carbons (Fsp3) is 0.429. The van der Waals surface area contributed by atoms with Crippen molar-refractivity contribution in [2.45, 2.75) is 30.3 Å². The Balaban J connectivity index is 2.06. The zero-order valence-electron chi connectivity index (χ0n) is 11.7. The number of nitrogens with one attached hydrogen (secondary N) is 1. The lowest BCUT2D eigenvalue weighted by molar-refractivity contribution is -0.133. The normalized spacial score (nSPS) is 18.7. The quantitative estimate of drug-likeness (QED) is 0.797. The molecule has 0 unspecified atom stereocenters. The minimum absolute atomic E-state index is 0.0209. The monoisotopic (exact) mass is 394 g/mol. The molecule has 1 N–H and O–H groups in total. The third-order valence-corrected chi connectivity index (χ3v) is 4.51. The summed E-state index contributed by atoms with van der Waals surface area (Å²) in [5.74, 6) is -0.403. The molecule has 0 radical (unpaired) electrons. The van der Waals surface area contributed by atoms with Crippen LogP contribution in [0.5, 0.6) is 0 Å². The molecule has 2 amide bonds. The Labute approximate surface area is 139 Å². The molecule has 0 aromatic heterocycles. The van der Waals surface area contributed by atoms with E-state index in [1.165, 1.54) is 17.0 Å². The van der Waals surface area contributed by atoms with Gasteiger partial charge in [-0.05, 0) is 27.9 Å². The maximum absolute atomic E-state index is 13.3. The number of amides is 2. The van der Waals surface area contributed by atoms with Gasteiger partial charge in [0.2, 0.25) is 11.8 Å². The van der Waals surface area contributed by atoms with Crippen LogP contribution < -0.4 is 5.32 Å². The molecule has 1 aliphatic rings. The summed E-state index contributed by atoms with van der Waals surface area (Å²) in [4.78, 5) is 21.6. The standard InChI is InChI=1S/C14H14BrClF2N2O2/c1-20-10(5-6-11(20)21)13(22)19-7-8-3-2-4-9(12(8)16)14(15,17)18/h2-4,10H,5-7H2,1H3,(H,19,22)/t10-/m0/s1. The van der Waals surface area contributed by atoms with Gasteiger partial charge in [-0.3, -0.25) is 9.59 Å². The molecule has 120 valence electrons. The molecule has 0 saturated carbocycles. The highest BCUT2D eigenvalue weighted by atomic mass is 79.9. The number of halogens is 4. The van der Waals surface area contributed by atoms with Gasteiger partial charge in [0, 0.05) is 20.0 Å². The lowest BCUT2D eigenvalue weighted by atomic mass is 10.1. The van der Waals surface area contributed by atoms with E-state index in [1.54, 1.807) is 13.1 Å². The van der Waals surface area contributed by atoms with Crippen molar-refractivity contribution < 1.29 is 18.4 Å². The van der Waals surface area contributed by atoms with Crippen LogP contribution in [-0.4, -0.2) is 29.8 Å². The van der Waals surface area contributed by atoms with Crippen LogP contribution >= 0.6 is 27.5 Å². The van der Waals surface area contributed by atoms with Gasteiger partial charge in [-0.2, -0.15) is 8.78 Å². The third kappa shape index (κ3) is 3.57. The summed E-state index contributed by atoms with van der Waals surface area (Å²) in [6.45, 7) is 0.0209. The topological polar surface area (TPSA) is 49.4 Å². The molecule has 4 nitrogen and oxygen atoms in total. The minimum atomic E-state index is -3.23. The van der Waals surface area contributed by atoms with Crippen LogP contribution in [0.3, 0.4) is 0 Å². The average molecular weight is 396 g/mol. The first-order valence-corrected chi connectivity index (χ1v) is 7.77. The van der Waals surface area contributed by atoms with E-state index in [0.717, 1.165) is 0 Å². The van der Waals surface area contributed by atoms with E-state index < -0.39 is 10.9 Å². The Morgan fingerprint density at radius 1 is 1.55 bits per heavy atom. The number of likely N-dealkylation sites (tertiary alicyclic amines) is 1. The van der Waals surface area contributed by atoms with E-state index in [1.807, 2.05) is 0 Å². The number of rotatable bonds is 4. The van der Waals surface area contributed by atoms with Gasteiger partial charge in [0.25, 0.3) is 0 Å². The predicted octanol–water partition coefficient (Wildman–Crippen LogP) is 3.02. The van der Waals surface area contributed by atoms with Crippen molar-refractivity contribution in [3.8, 4) is 0 Å². The van der Waals surface area contributed by atoms with Gasteiger partial charge in [0.1, 0.15) is 6.04 Å². The number of hydrogen-bond acceptors (Lipinski definition) is 2. The smallest absolute Gasteiger partial charge is 0.328 e. The zero-order valence-corrected chi connectivity index (χ0v) is 14.0. The molecule has 2 rings (SSSR count). The molecular formula is C14H14BrClF2N2O2. The number of carbonyl (C=O) groups excluding carboxylic acids is 2. The number of likely N-dealkylation sites (N-methyl/N-ethyl adjacent to an activating group) is 1. The van der Waals surface area contributed by atoms with E-state index >= 15 is 0 Å². The maximum Gasteiger partial charge on any atom is 0.328 e. The summed E-state index contributed by atoms with van der Waals surface area (Å²) in [5.41, 5.74) is 0.0349. The van der Waals surface area contributed by atoms with Gasteiger partial charge in [-0.1, -0.05) is 29.8 Å². The molecule has 0 spiro atoms. The molecular weight excluding hydrogens is 382 g/mol. The van der Waals surface area contributed by atoms with Crippen LogP contribution in [0.4, 0.5) is 8.78 Å². The maximum atomic E-state index is 13.3. The van der Waals surface area contributed by atoms with Crippen molar-refractivity contribution in [3.05, 3.63) is 34.3 Å². The Morgan fingerprint density at radius 3 is 2.77 bits per heavy atom. The van der Waals surface area contributed by atoms with Gasteiger partial charge in [-0.15, -0.1) is 0 Å². The van der Waals surface area contributed by atoms with Crippen molar-refractivity contribution in [2.75, 3.05) is 7.05 Å². The summed E-state index contributed by atoms with van der Waals surface area (Å²) in [7, 11) is 1.57. The first kappa shape index (κ1) is 17.1. The minimum Gasteiger partial charge on any atom is -0.350 e. The number of nitrogens with zero attached hydrogens (tertiary/aromatic N) is 1. The van der Waals surface area contributed by atoms with Crippen molar-refractivity contribution in [3.63, 3.8) is 0 Å². The highest BCUT2D eigenvalue weighted by Gasteiger charge is 2.33. The van der Waals surface area contributed by atoms with E-state index in [0.29, 0.717) is 18.4 Å². The van der Waals surface area contributed by atoms with Crippen LogP contribution in [0.1, 0.15) is 24.0 Å². The first-order chi connectivity index (χ1) is 10.2. The van der Waals surface area contributed by atoms with Gasteiger partial charge in [-0.25, -0.2) is 0 Å². The average Bonchev–Trinajstić information content (AvgIpc) is 2.76. The predicted molar refractivity (Wildman–Crippen MR) is 81.9 cm³/mol. The molecule has 1 saturated heterocycles. The van der Waals surface area contributed by atoms with Crippen LogP contribution in [0, 0.1) is 0 Å². The Kier molecular flexibility index (Phi) is 5.07. The number of hydrogen-bond donors (Lipinski definition) is 1. The fourth-order valence-electron chi connectivity index (χ4n) is 2.35. The number of benzene rings is 1. The highest BCUT2D eigenvalue weighted by molar-refractivity contribution is 9.09. The lowest BCUT2D eigenvalue weighted by Crippen LogP contribution is -2.42.